The average molecular weight is 290 g/mol. The highest BCUT2D eigenvalue weighted by molar-refractivity contribution is 6.00. The first-order chi connectivity index (χ1) is 10.8. The van der Waals surface area contributed by atoms with Crippen molar-refractivity contribution in [2.75, 3.05) is 0 Å². The lowest BCUT2D eigenvalue weighted by atomic mass is 10.1. The molecule has 1 N–H and O–H groups in total. The zero-order chi connectivity index (χ0) is 15.1. The van der Waals surface area contributed by atoms with Gasteiger partial charge in [0.2, 0.25) is 5.89 Å². The summed E-state index contributed by atoms with van der Waals surface area (Å²) in [6, 6.07) is 15.6. The second-order valence-corrected chi connectivity index (χ2v) is 5.25. The van der Waals surface area contributed by atoms with E-state index in [0.717, 1.165) is 22.9 Å². The molecule has 0 spiro atoms. The number of aromatic nitrogens is 2. The van der Waals surface area contributed by atoms with Gasteiger partial charge in [-0.05, 0) is 36.2 Å². The summed E-state index contributed by atoms with van der Waals surface area (Å²) in [5, 5.41) is 0.862. The summed E-state index contributed by atoms with van der Waals surface area (Å²) in [7, 11) is 0. The van der Waals surface area contributed by atoms with Gasteiger partial charge in [-0.15, -0.1) is 0 Å². The van der Waals surface area contributed by atoms with Gasteiger partial charge in [0.15, 0.2) is 11.1 Å². The standard InChI is InChI=1S/C18H14N2O2/c1-2-11-7-9-12(10-8-11)18-20-15-16(22-18)13-5-3-4-6-14(13)19-17(15)21/h3-10H,2H2,1H3,(H,19,21). The lowest BCUT2D eigenvalue weighted by molar-refractivity contribution is 0.623. The smallest absolute Gasteiger partial charge is 0.278 e. The SMILES string of the molecule is CCc1ccc(-c2nc3c(=O)[nH]c4ccccc4c3o2)cc1. The fourth-order valence-corrected chi connectivity index (χ4v) is 2.63. The topological polar surface area (TPSA) is 58.9 Å². The summed E-state index contributed by atoms with van der Waals surface area (Å²) in [5.41, 5.74) is 3.53. The number of nitrogens with one attached hydrogen (secondary N) is 1. The highest BCUT2D eigenvalue weighted by Gasteiger charge is 2.14. The first-order valence-electron chi connectivity index (χ1n) is 7.27. The molecular weight excluding hydrogens is 276 g/mol. The average Bonchev–Trinajstić information content (AvgIpc) is 3.01. The number of benzene rings is 2. The molecule has 0 saturated carbocycles. The molecule has 0 aliphatic heterocycles. The van der Waals surface area contributed by atoms with Crippen LogP contribution < -0.4 is 5.56 Å². The van der Waals surface area contributed by atoms with E-state index in [0.29, 0.717) is 17.0 Å². The van der Waals surface area contributed by atoms with Gasteiger partial charge in [0.25, 0.3) is 5.56 Å². The van der Waals surface area contributed by atoms with Crippen LogP contribution in [0.2, 0.25) is 0 Å². The van der Waals surface area contributed by atoms with Crippen molar-refractivity contribution in [2.45, 2.75) is 13.3 Å². The molecule has 2 aromatic heterocycles. The predicted octanol–water partition coefficient (Wildman–Crippen LogP) is 3.90. The third-order valence-corrected chi connectivity index (χ3v) is 3.87. The van der Waals surface area contributed by atoms with Crippen molar-refractivity contribution < 1.29 is 4.42 Å². The summed E-state index contributed by atoms with van der Waals surface area (Å²) in [4.78, 5) is 19.4. The number of oxazole rings is 1. The zero-order valence-electron chi connectivity index (χ0n) is 12.1. The van der Waals surface area contributed by atoms with Crippen molar-refractivity contribution in [3.05, 3.63) is 64.4 Å². The first kappa shape index (κ1) is 12.8. The van der Waals surface area contributed by atoms with E-state index in [4.69, 9.17) is 4.42 Å². The molecule has 4 nitrogen and oxygen atoms in total. The van der Waals surface area contributed by atoms with Crippen LogP contribution in [0.3, 0.4) is 0 Å². The number of nitrogens with zero attached hydrogens (tertiary/aromatic N) is 1. The van der Waals surface area contributed by atoms with Crippen LogP contribution in [-0.4, -0.2) is 9.97 Å². The van der Waals surface area contributed by atoms with Crippen molar-refractivity contribution in [2.24, 2.45) is 0 Å². The second kappa shape index (κ2) is 4.84. The second-order valence-electron chi connectivity index (χ2n) is 5.25. The van der Waals surface area contributed by atoms with E-state index in [-0.39, 0.29) is 5.56 Å². The van der Waals surface area contributed by atoms with Gasteiger partial charge in [-0.3, -0.25) is 4.79 Å². The number of H-pyrrole nitrogens is 1. The van der Waals surface area contributed by atoms with Crippen LogP contribution in [0.4, 0.5) is 0 Å². The zero-order valence-corrected chi connectivity index (χ0v) is 12.1. The Balaban J connectivity index is 1.98. The van der Waals surface area contributed by atoms with E-state index in [1.165, 1.54) is 5.56 Å². The summed E-state index contributed by atoms with van der Waals surface area (Å²) in [6.07, 6.45) is 0.984. The molecule has 22 heavy (non-hydrogen) atoms. The van der Waals surface area contributed by atoms with Crippen LogP contribution in [0.1, 0.15) is 12.5 Å². The van der Waals surface area contributed by atoms with Crippen LogP contribution in [-0.2, 0) is 6.42 Å². The Morgan fingerprint density at radius 2 is 1.86 bits per heavy atom. The third-order valence-electron chi connectivity index (χ3n) is 3.87. The van der Waals surface area contributed by atoms with Gasteiger partial charge in [0, 0.05) is 10.9 Å². The normalized spacial score (nSPS) is 11.3. The molecular formula is C18H14N2O2. The quantitative estimate of drug-likeness (QED) is 0.609. The number of rotatable bonds is 2. The molecule has 0 fully saturated rings. The van der Waals surface area contributed by atoms with Crippen molar-refractivity contribution in [3.63, 3.8) is 0 Å². The van der Waals surface area contributed by atoms with Crippen LogP contribution in [0.15, 0.2) is 57.7 Å². The molecule has 2 heterocycles. The lowest BCUT2D eigenvalue weighted by Crippen LogP contribution is -2.05. The van der Waals surface area contributed by atoms with Crippen molar-refractivity contribution in [1.82, 2.24) is 9.97 Å². The molecule has 108 valence electrons. The Bertz CT molecular complexity index is 1030. The molecule has 0 aliphatic carbocycles. The van der Waals surface area contributed by atoms with E-state index >= 15 is 0 Å². The minimum absolute atomic E-state index is 0.228. The fraction of sp³-hybridized carbons (Fsp3) is 0.111. The molecule has 0 saturated heterocycles. The number of aryl methyl sites for hydroxylation is 1. The lowest BCUT2D eigenvalue weighted by Gasteiger charge is -1.98. The molecule has 0 bridgehead atoms. The molecule has 0 atom stereocenters. The monoisotopic (exact) mass is 290 g/mol. The summed E-state index contributed by atoms with van der Waals surface area (Å²) >= 11 is 0. The van der Waals surface area contributed by atoms with Gasteiger partial charge in [0.05, 0.1) is 5.52 Å². The maximum Gasteiger partial charge on any atom is 0.278 e. The van der Waals surface area contributed by atoms with Crippen LogP contribution >= 0.6 is 0 Å². The Morgan fingerprint density at radius 3 is 2.64 bits per heavy atom. The minimum Gasteiger partial charge on any atom is -0.435 e. The van der Waals surface area contributed by atoms with E-state index in [9.17, 15) is 4.79 Å². The minimum atomic E-state index is -0.228. The van der Waals surface area contributed by atoms with Crippen LogP contribution in [0.25, 0.3) is 33.5 Å². The van der Waals surface area contributed by atoms with Crippen LogP contribution in [0, 0.1) is 0 Å². The molecule has 2 aromatic carbocycles. The highest BCUT2D eigenvalue weighted by Crippen LogP contribution is 2.27. The van der Waals surface area contributed by atoms with Gasteiger partial charge in [-0.2, -0.15) is 0 Å². The van der Waals surface area contributed by atoms with Crippen molar-refractivity contribution >= 4 is 22.0 Å². The number of fused-ring (bicyclic) bond motifs is 3. The molecule has 0 unspecified atom stereocenters. The van der Waals surface area contributed by atoms with E-state index in [2.05, 4.69) is 16.9 Å². The number of hydrogen-bond acceptors (Lipinski definition) is 3. The number of para-hydroxylation sites is 1. The maximum atomic E-state index is 12.2. The maximum absolute atomic E-state index is 12.2. The van der Waals surface area contributed by atoms with Gasteiger partial charge in [-0.1, -0.05) is 31.2 Å². The number of hydrogen-bond donors (Lipinski definition) is 1. The largest absolute Gasteiger partial charge is 0.435 e. The molecule has 0 amide bonds. The van der Waals surface area contributed by atoms with Crippen molar-refractivity contribution in [1.29, 1.82) is 0 Å². The van der Waals surface area contributed by atoms with Gasteiger partial charge in [-0.25, -0.2) is 4.98 Å². The van der Waals surface area contributed by atoms with Gasteiger partial charge < -0.3 is 9.40 Å². The predicted molar refractivity (Wildman–Crippen MR) is 86.9 cm³/mol. The summed E-state index contributed by atoms with van der Waals surface area (Å²) in [6.45, 7) is 2.11. The molecule has 4 aromatic rings. The van der Waals surface area contributed by atoms with E-state index in [1.807, 2.05) is 48.5 Å². The highest BCUT2D eigenvalue weighted by atomic mass is 16.3. The third kappa shape index (κ3) is 1.92. The van der Waals surface area contributed by atoms with Gasteiger partial charge in [0.1, 0.15) is 0 Å². The summed E-state index contributed by atoms with van der Waals surface area (Å²) < 4.78 is 5.89. The molecule has 0 radical (unpaired) electrons. The Labute approximate surface area is 126 Å². The van der Waals surface area contributed by atoms with Crippen LogP contribution in [0.5, 0.6) is 0 Å². The summed E-state index contributed by atoms with van der Waals surface area (Å²) in [5.74, 6) is 0.472. The molecule has 4 rings (SSSR count). The van der Waals surface area contributed by atoms with Gasteiger partial charge >= 0.3 is 0 Å². The number of aromatic amines is 1. The van der Waals surface area contributed by atoms with E-state index in [1.54, 1.807) is 0 Å². The number of pyridine rings is 1. The van der Waals surface area contributed by atoms with E-state index < -0.39 is 0 Å². The Morgan fingerprint density at radius 1 is 1.09 bits per heavy atom. The van der Waals surface area contributed by atoms with Crippen molar-refractivity contribution in [3.8, 4) is 11.5 Å². The Hall–Kier alpha value is -2.88. The molecule has 4 heteroatoms. The fourth-order valence-electron chi connectivity index (χ4n) is 2.63. The Kier molecular flexibility index (Phi) is 2.82. The first-order valence-corrected chi connectivity index (χ1v) is 7.27. The molecule has 0 aliphatic rings.